The molecule has 0 aliphatic carbocycles. The van der Waals surface area contributed by atoms with Gasteiger partial charge in [0.1, 0.15) is 0 Å². The maximum atomic E-state index is 5.01. The summed E-state index contributed by atoms with van der Waals surface area (Å²) in [5.41, 5.74) is 0. The van der Waals surface area contributed by atoms with Gasteiger partial charge in [-0.1, -0.05) is 13.8 Å². The van der Waals surface area contributed by atoms with E-state index in [1.54, 1.807) is 7.11 Å². The number of likely N-dealkylation sites (N-methyl/N-ethyl adjacent to an activating group) is 1. The largest absolute Gasteiger partial charge is 0.383 e. The van der Waals surface area contributed by atoms with Gasteiger partial charge in [-0.05, 0) is 34.0 Å². The molecule has 0 heterocycles. The molecule has 0 amide bonds. The Morgan fingerprint density at radius 1 is 1.36 bits per heavy atom. The monoisotopic (exact) mass is 204 g/mol. The van der Waals surface area contributed by atoms with Crippen molar-refractivity contribution < 1.29 is 4.74 Å². The summed E-state index contributed by atoms with van der Waals surface area (Å²) in [6.07, 6.45) is 1.19. The summed E-state index contributed by atoms with van der Waals surface area (Å²) in [5.74, 6) is 0. The summed E-state index contributed by atoms with van der Waals surface area (Å²) >= 11 is 0. The molecule has 0 bridgehead atoms. The highest BCUT2D eigenvalue weighted by Gasteiger charge is 2.06. The van der Waals surface area contributed by atoms with Crippen molar-refractivity contribution in [3.05, 3.63) is 0 Å². The van der Waals surface area contributed by atoms with Gasteiger partial charge in [-0.2, -0.15) is 0 Å². The smallest absolute Gasteiger partial charge is 0.0589 e. The van der Waals surface area contributed by atoms with Gasteiger partial charge in [-0.3, -0.25) is 0 Å². The highest BCUT2D eigenvalue weighted by atomic mass is 16.5. The molecule has 3 nitrogen and oxygen atoms in total. The van der Waals surface area contributed by atoms with Crippen LogP contribution in [-0.4, -0.2) is 51.8 Å². The van der Waals surface area contributed by atoms with Crippen LogP contribution in [0.3, 0.4) is 0 Å². The molecule has 88 valence electrons. The van der Waals surface area contributed by atoms with E-state index in [0.717, 1.165) is 19.7 Å². The van der Waals surface area contributed by atoms with Crippen molar-refractivity contribution in [3.63, 3.8) is 0 Å². The maximum absolute atomic E-state index is 5.01. The minimum atomic E-state index is 0.632. The number of nitrogens with one attached hydrogen (secondary N) is 1. The molecule has 0 saturated carbocycles. The third-order valence-electron chi connectivity index (χ3n) is 2.21. The quantitative estimate of drug-likeness (QED) is 0.681. The van der Waals surface area contributed by atoms with Crippen LogP contribution in [0, 0.1) is 0 Å². The van der Waals surface area contributed by atoms with E-state index in [1.165, 1.54) is 6.42 Å². The van der Waals surface area contributed by atoms with Gasteiger partial charge in [-0.25, -0.2) is 0 Å². The number of hydrogen-bond acceptors (Lipinski definition) is 3. The van der Waals surface area contributed by atoms with Crippen LogP contribution < -0.4 is 5.32 Å². The summed E-state index contributed by atoms with van der Waals surface area (Å²) in [7, 11) is 5.87. The zero-order valence-corrected chi connectivity index (χ0v) is 10.8. The first-order valence-electron chi connectivity index (χ1n) is 5.56. The van der Waals surface area contributed by atoms with E-state index in [2.05, 4.69) is 24.2 Å². The second-order valence-corrected chi connectivity index (χ2v) is 3.21. The Kier molecular flexibility index (Phi) is 15.0. The number of rotatable bonds is 7. The lowest BCUT2D eigenvalue weighted by Crippen LogP contribution is -2.33. The van der Waals surface area contributed by atoms with Crippen molar-refractivity contribution in [1.82, 2.24) is 10.2 Å². The van der Waals surface area contributed by atoms with E-state index in [1.807, 2.05) is 20.9 Å². The Morgan fingerprint density at radius 3 is 2.36 bits per heavy atom. The molecule has 0 radical (unpaired) electrons. The lowest BCUT2D eigenvalue weighted by molar-refractivity contribution is 0.140. The lowest BCUT2D eigenvalue weighted by atomic mass is 10.2. The van der Waals surface area contributed by atoms with Crippen LogP contribution in [0.1, 0.15) is 27.2 Å². The minimum Gasteiger partial charge on any atom is -0.383 e. The molecule has 0 aromatic heterocycles. The predicted octanol–water partition coefficient (Wildman–Crippen LogP) is 1.59. The Labute approximate surface area is 89.8 Å². The van der Waals surface area contributed by atoms with Gasteiger partial charge < -0.3 is 15.0 Å². The van der Waals surface area contributed by atoms with Gasteiger partial charge in [0.25, 0.3) is 0 Å². The fourth-order valence-electron chi connectivity index (χ4n) is 1.03. The molecule has 0 fully saturated rings. The second kappa shape index (κ2) is 12.9. The van der Waals surface area contributed by atoms with E-state index in [4.69, 9.17) is 4.74 Å². The molecular weight excluding hydrogens is 176 g/mol. The third kappa shape index (κ3) is 9.96. The maximum Gasteiger partial charge on any atom is 0.0589 e. The van der Waals surface area contributed by atoms with Crippen molar-refractivity contribution in [2.75, 3.05) is 40.9 Å². The van der Waals surface area contributed by atoms with Crippen molar-refractivity contribution in [2.45, 2.75) is 33.2 Å². The molecule has 1 N–H and O–H groups in total. The Bertz CT molecular complexity index is 87.3. The van der Waals surface area contributed by atoms with Gasteiger partial charge in [0, 0.05) is 19.7 Å². The first-order chi connectivity index (χ1) is 6.72. The van der Waals surface area contributed by atoms with Gasteiger partial charge in [0.15, 0.2) is 0 Å². The van der Waals surface area contributed by atoms with Crippen LogP contribution in [0.5, 0.6) is 0 Å². The van der Waals surface area contributed by atoms with E-state index < -0.39 is 0 Å². The Morgan fingerprint density at radius 2 is 1.93 bits per heavy atom. The zero-order chi connectivity index (χ0) is 11.4. The molecule has 1 unspecified atom stereocenters. The Balaban J connectivity index is 0. The molecule has 3 heteroatoms. The fraction of sp³-hybridized carbons (Fsp3) is 1.00. The summed E-state index contributed by atoms with van der Waals surface area (Å²) in [5, 5.41) is 3.15. The molecule has 0 rings (SSSR count). The van der Waals surface area contributed by atoms with Crippen LogP contribution in [0.4, 0.5) is 0 Å². The van der Waals surface area contributed by atoms with Crippen LogP contribution in [-0.2, 0) is 4.74 Å². The second-order valence-electron chi connectivity index (χ2n) is 3.21. The number of hydrogen-bond donors (Lipinski definition) is 1. The van der Waals surface area contributed by atoms with Crippen molar-refractivity contribution in [1.29, 1.82) is 0 Å². The van der Waals surface area contributed by atoms with E-state index in [-0.39, 0.29) is 0 Å². The molecule has 0 aromatic rings. The number of methoxy groups -OCH3 is 1. The molecular formula is C11H28N2O. The molecule has 0 spiro atoms. The minimum absolute atomic E-state index is 0.632. The van der Waals surface area contributed by atoms with Crippen molar-refractivity contribution in [2.24, 2.45) is 0 Å². The SMILES string of the molecule is CC.CNCCC(C)N(C)CCOC. The number of nitrogens with zero attached hydrogens (tertiary/aromatic N) is 1. The standard InChI is InChI=1S/C9H22N2O.C2H6/c1-9(5-6-10-2)11(3)7-8-12-4;1-2/h9-10H,5-8H2,1-4H3;1-2H3. The summed E-state index contributed by atoms with van der Waals surface area (Å²) in [4.78, 5) is 2.32. The van der Waals surface area contributed by atoms with Crippen molar-refractivity contribution in [3.8, 4) is 0 Å². The van der Waals surface area contributed by atoms with Gasteiger partial charge >= 0.3 is 0 Å². The highest BCUT2D eigenvalue weighted by molar-refractivity contribution is 4.63. The van der Waals surface area contributed by atoms with Gasteiger partial charge in [0.2, 0.25) is 0 Å². The normalized spacial score (nSPS) is 12.2. The van der Waals surface area contributed by atoms with Gasteiger partial charge in [0.05, 0.1) is 6.61 Å². The predicted molar refractivity (Wildman–Crippen MR) is 63.9 cm³/mol. The van der Waals surface area contributed by atoms with E-state index >= 15 is 0 Å². The van der Waals surface area contributed by atoms with E-state index in [0.29, 0.717) is 6.04 Å². The van der Waals surface area contributed by atoms with Gasteiger partial charge in [-0.15, -0.1) is 0 Å². The molecule has 0 aliphatic rings. The lowest BCUT2D eigenvalue weighted by Gasteiger charge is -2.24. The molecule has 0 aromatic carbocycles. The molecule has 0 saturated heterocycles. The van der Waals surface area contributed by atoms with E-state index in [9.17, 15) is 0 Å². The van der Waals surface area contributed by atoms with Crippen LogP contribution in [0.25, 0.3) is 0 Å². The fourth-order valence-corrected chi connectivity index (χ4v) is 1.03. The molecule has 1 atom stereocenters. The summed E-state index contributed by atoms with van der Waals surface area (Å²) in [6.45, 7) is 9.16. The third-order valence-corrected chi connectivity index (χ3v) is 2.21. The highest BCUT2D eigenvalue weighted by Crippen LogP contribution is 1.98. The Hall–Kier alpha value is -0.120. The van der Waals surface area contributed by atoms with Crippen LogP contribution in [0.15, 0.2) is 0 Å². The molecule has 14 heavy (non-hydrogen) atoms. The topological polar surface area (TPSA) is 24.5 Å². The first-order valence-corrected chi connectivity index (χ1v) is 5.56. The summed E-state index contributed by atoms with van der Waals surface area (Å²) < 4.78 is 5.01. The average Bonchev–Trinajstić information content (AvgIpc) is 2.25. The van der Waals surface area contributed by atoms with Crippen LogP contribution in [0.2, 0.25) is 0 Å². The number of ether oxygens (including phenoxy) is 1. The zero-order valence-electron chi connectivity index (χ0n) is 10.8. The molecule has 0 aliphatic heterocycles. The van der Waals surface area contributed by atoms with Crippen LogP contribution >= 0.6 is 0 Å². The van der Waals surface area contributed by atoms with Crippen molar-refractivity contribution >= 4 is 0 Å². The summed E-state index contributed by atoms with van der Waals surface area (Å²) in [6, 6.07) is 0.632. The average molecular weight is 204 g/mol. The first kappa shape index (κ1) is 16.3.